The third-order valence-corrected chi connectivity index (χ3v) is 7.02. The van der Waals surface area contributed by atoms with E-state index in [1.54, 1.807) is 6.07 Å². The smallest absolute Gasteiger partial charge is 0.174 e. The highest BCUT2D eigenvalue weighted by atomic mass is 16.5. The standard InChI is InChI=1S/C30H36O6/c1-17(2)7-6-11-30(5)12-10-19-13-20(14-24(33)29(19)36-30)25-16-23(32)27-26(35-25)15-22(31)21(28(27)34)9-8-18(3)4/h7-8,13-15,25,31,33-34H,6,9-12,16H2,1-5H3. The number of ether oxygens (including phenoxy) is 2. The zero-order chi connectivity index (χ0) is 26.2. The summed E-state index contributed by atoms with van der Waals surface area (Å²) in [7, 11) is 0. The minimum Gasteiger partial charge on any atom is -0.507 e. The number of phenolic OH excluding ortho intramolecular Hbond substituents is 3. The van der Waals surface area contributed by atoms with E-state index in [1.807, 2.05) is 26.0 Å². The lowest BCUT2D eigenvalue weighted by atomic mass is 9.86. The third-order valence-electron chi connectivity index (χ3n) is 7.02. The Labute approximate surface area is 212 Å². The number of rotatable bonds is 6. The van der Waals surface area contributed by atoms with Crippen LogP contribution in [-0.2, 0) is 12.8 Å². The predicted molar refractivity (Wildman–Crippen MR) is 139 cm³/mol. The Hall–Kier alpha value is -3.41. The lowest BCUT2D eigenvalue weighted by molar-refractivity contribution is 0.0535. The molecule has 2 aromatic carbocycles. The van der Waals surface area contributed by atoms with E-state index < -0.39 is 6.10 Å². The number of phenols is 3. The summed E-state index contributed by atoms with van der Waals surface area (Å²) in [5.41, 5.74) is 3.91. The van der Waals surface area contributed by atoms with E-state index in [-0.39, 0.29) is 46.4 Å². The number of aromatic hydroxyl groups is 3. The first-order valence-corrected chi connectivity index (χ1v) is 12.6. The highest BCUT2D eigenvalue weighted by Crippen LogP contribution is 2.47. The largest absolute Gasteiger partial charge is 0.507 e. The van der Waals surface area contributed by atoms with Crippen molar-refractivity contribution in [1.29, 1.82) is 0 Å². The Bertz CT molecular complexity index is 1250. The Kier molecular flexibility index (Phi) is 7.07. The molecule has 2 atom stereocenters. The summed E-state index contributed by atoms with van der Waals surface area (Å²) in [5, 5.41) is 32.1. The van der Waals surface area contributed by atoms with E-state index in [4.69, 9.17) is 9.47 Å². The number of aryl methyl sites for hydroxylation is 1. The average molecular weight is 493 g/mol. The van der Waals surface area contributed by atoms with Crippen molar-refractivity contribution in [3.63, 3.8) is 0 Å². The molecule has 6 nitrogen and oxygen atoms in total. The van der Waals surface area contributed by atoms with Crippen molar-refractivity contribution in [2.45, 2.75) is 84.8 Å². The summed E-state index contributed by atoms with van der Waals surface area (Å²) in [6, 6.07) is 4.91. The van der Waals surface area contributed by atoms with Crippen molar-refractivity contribution in [2.75, 3.05) is 0 Å². The molecular formula is C30H36O6. The summed E-state index contributed by atoms with van der Waals surface area (Å²) in [6.07, 6.45) is 7.11. The van der Waals surface area contributed by atoms with Gasteiger partial charge in [0.1, 0.15) is 34.5 Å². The van der Waals surface area contributed by atoms with Crippen LogP contribution in [0, 0.1) is 0 Å². The van der Waals surface area contributed by atoms with Gasteiger partial charge in [-0.2, -0.15) is 0 Å². The Balaban J connectivity index is 1.59. The predicted octanol–water partition coefficient (Wildman–Crippen LogP) is 6.85. The first-order chi connectivity index (χ1) is 17.0. The van der Waals surface area contributed by atoms with E-state index in [9.17, 15) is 20.1 Å². The van der Waals surface area contributed by atoms with Gasteiger partial charge in [0.15, 0.2) is 17.3 Å². The summed E-state index contributed by atoms with van der Waals surface area (Å²) in [4.78, 5) is 13.1. The summed E-state index contributed by atoms with van der Waals surface area (Å²) in [6.45, 7) is 10.1. The lowest BCUT2D eigenvalue weighted by Crippen LogP contribution is -2.36. The van der Waals surface area contributed by atoms with Crippen LogP contribution in [-0.4, -0.2) is 26.7 Å². The van der Waals surface area contributed by atoms with Gasteiger partial charge in [0.25, 0.3) is 0 Å². The second kappa shape index (κ2) is 9.92. The Morgan fingerprint density at radius 1 is 1.06 bits per heavy atom. The fourth-order valence-electron chi connectivity index (χ4n) is 4.92. The van der Waals surface area contributed by atoms with Crippen molar-refractivity contribution in [3.8, 4) is 28.7 Å². The molecule has 2 aliphatic rings. The lowest BCUT2D eigenvalue weighted by Gasteiger charge is -2.36. The minimum absolute atomic E-state index is 0.0208. The monoisotopic (exact) mass is 492 g/mol. The summed E-state index contributed by atoms with van der Waals surface area (Å²) in [5.74, 6) is 0.0445. The van der Waals surface area contributed by atoms with Crippen LogP contribution in [0.15, 0.2) is 41.5 Å². The van der Waals surface area contributed by atoms with Gasteiger partial charge >= 0.3 is 0 Å². The molecular weight excluding hydrogens is 456 g/mol. The zero-order valence-electron chi connectivity index (χ0n) is 21.8. The molecule has 2 aromatic rings. The van der Waals surface area contributed by atoms with Gasteiger partial charge in [0.05, 0.1) is 6.42 Å². The maximum absolute atomic E-state index is 13.1. The fourth-order valence-corrected chi connectivity index (χ4v) is 4.92. The van der Waals surface area contributed by atoms with Crippen LogP contribution < -0.4 is 9.47 Å². The molecule has 0 radical (unpaired) electrons. The van der Waals surface area contributed by atoms with Crippen molar-refractivity contribution < 1.29 is 29.6 Å². The van der Waals surface area contributed by atoms with Gasteiger partial charge in [-0.15, -0.1) is 0 Å². The van der Waals surface area contributed by atoms with Crippen molar-refractivity contribution in [1.82, 2.24) is 0 Å². The Morgan fingerprint density at radius 2 is 1.78 bits per heavy atom. The third kappa shape index (κ3) is 5.23. The molecule has 2 heterocycles. The molecule has 4 rings (SSSR count). The number of fused-ring (bicyclic) bond motifs is 2. The van der Waals surface area contributed by atoms with Crippen LogP contribution in [0.1, 0.15) is 93.5 Å². The highest BCUT2D eigenvalue weighted by molar-refractivity contribution is 6.03. The van der Waals surface area contributed by atoms with Gasteiger partial charge in [-0.25, -0.2) is 0 Å². The average Bonchev–Trinajstić information content (AvgIpc) is 2.78. The topological polar surface area (TPSA) is 96.2 Å². The molecule has 2 aliphatic heterocycles. The molecule has 0 saturated heterocycles. The van der Waals surface area contributed by atoms with Crippen molar-refractivity contribution >= 4 is 5.78 Å². The van der Waals surface area contributed by atoms with Gasteiger partial charge in [0, 0.05) is 11.6 Å². The molecule has 2 unspecified atom stereocenters. The highest BCUT2D eigenvalue weighted by Gasteiger charge is 2.36. The number of carbonyl (C=O) groups excluding carboxylic acids is 1. The normalized spacial score (nSPS) is 20.5. The van der Waals surface area contributed by atoms with Gasteiger partial charge < -0.3 is 24.8 Å². The van der Waals surface area contributed by atoms with Crippen LogP contribution in [0.3, 0.4) is 0 Å². The summed E-state index contributed by atoms with van der Waals surface area (Å²) < 4.78 is 12.4. The number of hydrogen-bond donors (Lipinski definition) is 3. The second-order valence-corrected chi connectivity index (χ2v) is 10.7. The molecule has 0 bridgehead atoms. The number of allylic oxidation sites excluding steroid dienone is 4. The summed E-state index contributed by atoms with van der Waals surface area (Å²) >= 11 is 0. The first kappa shape index (κ1) is 25.7. The van der Waals surface area contributed by atoms with Gasteiger partial charge in [-0.1, -0.05) is 23.3 Å². The molecule has 36 heavy (non-hydrogen) atoms. The maximum atomic E-state index is 13.1. The molecule has 192 valence electrons. The maximum Gasteiger partial charge on any atom is 0.174 e. The number of carbonyl (C=O) groups is 1. The van der Waals surface area contributed by atoms with Crippen molar-refractivity contribution in [2.24, 2.45) is 0 Å². The molecule has 0 saturated carbocycles. The van der Waals surface area contributed by atoms with Gasteiger partial charge in [-0.05, 0) is 90.0 Å². The van der Waals surface area contributed by atoms with Crippen LogP contribution in [0.5, 0.6) is 28.7 Å². The van der Waals surface area contributed by atoms with Crippen molar-refractivity contribution in [3.05, 3.63) is 63.8 Å². The molecule has 6 heteroatoms. The van der Waals surface area contributed by atoms with E-state index in [0.717, 1.165) is 36.8 Å². The van der Waals surface area contributed by atoms with E-state index in [1.165, 1.54) is 11.6 Å². The molecule has 0 amide bonds. The number of hydrogen-bond acceptors (Lipinski definition) is 6. The van der Waals surface area contributed by atoms with Crippen LogP contribution in [0.25, 0.3) is 0 Å². The van der Waals surface area contributed by atoms with Crippen LogP contribution in [0.2, 0.25) is 0 Å². The number of ketones is 1. The second-order valence-electron chi connectivity index (χ2n) is 10.7. The minimum atomic E-state index is -0.644. The fraction of sp³-hybridized carbons (Fsp3) is 0.433. The quantitative estimate of drug-likeness (QED) is 0.382. The van der Waals surface area contributed by atoms with Gasteiger partial charge in [0.2, 0.25) is 0 Å². The number of Topliss-reactive ketones (excluding diaryl/α,β-unsaturated/α-hetero) is 1. The first-order valence-electron chi connectivity index (χ1n) is 12.6. The molecule has 0 aliphatic carbocycles. The molecule has 0 aromatic heterocycles. The molecule has 3 N–H and O–H groups in total. The van der Waals surface area contributed by atoms with E-state index in [2.05, 4.69) is 26.8 Å². The van der Waals surface area contributed by atoms with Crippen LogP contribution >= 0.6 is 0 Å². The zero-order valence-corrected chi connectivity index (χ0v) is 21.8. The Morgan fingerprint density at radius 3 is 2.47 bits per heavy atom. The van der Waals surface area contributed by atoms with E-state index in [0.29, 0.717) is 23.3 Å². The SMILES string of the molecule is CC(C)=CCCC1(C)CCc2cc(C3CC(=O)c4c(cc(O)c(CC=C(C)C)c4O)O3)cc(O)c2O1. The number of benzene rings is 2. The molecule has 0 fully saturated rings. The molecule has 0 spiro atoms. The van der Waals surface area contributed by atoms with Gasteiger partial charge in [-0.3, -0.25) is 4.79 Å². The van der Waals surface area contributed by atoms with E-state index >= 15 is 0 Å². The van der Waals surface area contributed by atoms with Crippen LogP contribution in [0.4, 0.5) is 0 Å².